The SMILES string of the molecule is CC1(C)c2ccc([nH]2)-c2ccccc2-c2ccc([nH]2)C(C)(C)c2ccc1[nH]2. The number of aromatic nitrogens is 3. The van der Waals surface area contributed by atoms with Gasteiger partial charge in [-0.05, 0) is 64.1 Å². The van der Waals surface area contributed by atoms with Crippen LogP contribution in [0.3, 0.4) is 0 Å². The molecular weight excluding hydrogens is 330 g/mol. The highest BCUT2D eigenvalue weighted by Crippen LogP contribution is 2.39. The minimum Gasteiger partial charge on any atom is -0.361 e. The monoisotopic (exact) mass is 355 g/mol. The number of aromatic amines is 3. The normalized spacial score (nSPS) is 16.7. The Morgan fingerprint density at radius 3 is 1.30 bits per heavy atom. The second kappa shape index (κ2) is 5.29. The summed E-state index contributed by atoms with van der Waals surface area (Å²) in [5, 5.41) is 0. The van der Waals surface area contributed by atoms with Crippen molar-refractivity contribution in [3.63, 3.8) is 0 Å². The van der Waals surface area contributed by atoms with Crippen LogP contribution in [0.5, 0.6) is 0 Å². The molecule has 0 amide bonds. The lowest BCUT2D eigenvalue weighted by molar-refractivity contribution is 0.574. The third-order valence-corrected chi connectivity index (χ3v) is 6.26. The maximum atomic E-state index is 3.71. The fourth-order valence-electron chi connectivity index (χ4n) is 4.20. The Bertz CT molecular complexity index is 1050. The summed E-state index contributed by atoms with van der Waals surface area (Å²) in [5.74, 6) is 0. The van der Waals surface area contributed by atoms with Gasteiger partial charge in [0.15, 0.2) is 0 Å². The minimum atomic E-state index is -0.129. The Hall–Kier alpha value is -2.94. The van der Waals surface area contributed by atoms with Gasteiger partial charge in [-0.2, -0.15) is 0 Å². The number of hydrogen-bond acceptors (Lipinski definition) is 0. The van der Waals surface area contributed by atoms with Gasteiger partial charge in [-0.15, -0.1) is 0 Å². The highest BCUT2D eigenvalue weighted by molar-refractivity contribution is 5.81. The van der Waals surface area contributed by atoms with E-state index >= 15 is 0 Å². The number of fused-ring (bicyclic) bond motifs is 9. The van der Waals surface area contributed by atoms with Crippen molar-refractivity contribution in [2.75, 3.05) is 0 Å². The van der Waals surface area contributed by atoms with Crippen molar-refractivity contribution < 1.29 is 0 Å². The second-order valence-corrected chi connectivity index (χ2v) is 8.65. The molecule has 3 aromatic heterocycles. The first-order chi connectivity index (χ1) is 12.9. The number of H-pyrrole nitrogens is 3. The van der Waals surface area contributed by atoms with Crippen LogP contribution in [0.4, 0.5) is 0 Å². The molecule has 5 rings (SSSR count). The molecule has 3 nitrogen and oxygen atoms in total. The van der Waals surface area contributed by atoms with Gasteiger partial charge < -0.3 is 15.0 Å². The Morgan fingerprint density at radius 2 is 0.852 bits per heavy atom. The summed E-state index contributed by atoms with van der Waals surface area (Å²) in [6.07, 6.45) is 0. The largest absolute Gasteiger partial charge is 0.361 e. The fraction of sp³-hybridized carbons (Fsp3) is 0.250. The van der Waals surface area contributed by atoms with E-state index in [2.05, 4.69) is 103 Å². The molecule has 0 saturated carbocycles. The lowest BCUT2D eigenvalue weighted by Gasteiger charge is -2.25. The third kappa shape index (κ3) is 2.27. The van der Waals surface area contributed by atoms with Crippen LogP contribution in [-0.4, -0.2) is 15.0 Å². The predicted molar refractivity (Wildman–Crippen MR) is 111 cm³/mol. The topological polar surface area (TPSA) is 47.4 Å². The van der Waals surface area contributed by atoms with E-state index in [1.165, 1.54) is 33.9 Å². The van der Waals surface area contributed by atoms with Crippen LogP contribution in [0, 0.1) is 0 Å². The molecule has 0 aliphatic carbocycles. The summed E-state index contributed by atoms with van der Waals surface area (Å²) < 4.78 is 0. The molecule has 4 heterocycles. The summed E-state index contributed by atoms with van der Waals surface area (Å²) in [7, 11) is 0. The van der Waals surface area contributed by atoms with E-state index in [9.17, 15) is 0 Å². The number of nitrogens with one attached hydrogen (secondary N) is 3. The van der Waals surface area contributed by atoms with E-state index in [0.29, 0.717) is 0 Å². The van der Waals surface area contributed by atoms with E-state index in [1.54, 1.807) is 0 Å². The van der Waals surface area contributed by atoms with Crippen molar-refractivity contribution in [1.82, 2.24) is 15.0 Å². The van der Waals surface area contributed by atoms with Crippen LogP contribution in [0.15, 0.2) is 60.7 Å². The van der Waals surface area contributed by atoms with Gasteiger partial charge in [0.2, 0.25) is 0 Å². The van der Waals surface area contributed by atoms with E-state index in [-0.39, 0.29) is 10.8 Å². The zero-order valence-electron chi connectivity index (χ0n) is 16.3. The summed E-state index contributed by atoms with van der Waals surface area (Å²) in [4.78, 5) is 11.1. The summed E-state index contributed by atoms with van der Waals surface area (Å²) in [6, 6.07) is 21.8. The maximum absolute atomic E-state index is 3.71. The molecule has 0 fully saturated rings. The van der Waals surface area contributed by atoms with Crippen LogP contribution in [-0.2, 0) is 10.8 Å². The smallest absolute Gasteiger partial charge is 0.0463 e. The standard InChI is InChI=1S/C24H25N3/c1-23(2)19-11-9-17(25-19)15-7-5-6-8-16(15)18-10-12-20(26-18)24(3,4)22-14-13-21(23)27-22/h5-14,25-27H,1-4H3. The summed E-state index contributed by atoms with van der Waals surface area (Å²) in [5.41, 5.74) is 9.34. The first kappa shape index (κ1) is 16.2. The molecule has 3 heteroatoms. The molecule has 0 spiro atoms. The van der Waals surface area contributed by atoms with E-state index in [1.807, 2.05) is 0 Å². The van der Waals surface area contributed by atoms with Crippen LogP contribution < -0.4 is 0 Å². The maximum Gasteiger partial charge on any atom is 0.0463 e. The van der Waals surface area contributed by atoms with Gasteiger partial charge in [-0.1, -0.05) is 24.3 Å². The first-order valence-corrected chi connectivity index (χ1v) is 9.56. The van der Waals surface area contributed by atoms with Crippen LogP contribution in [0.1, 0.15) is 50.5 Å². The lowest BCUT2D eigenvalue weighted by Crippen LogP contribution is -2.23. The van der Waals surface area contributed by atoms with Gasteiger partial charge in [-0.3, -0.25) is 0 Å². The van der Waals surface area contributed by atoms with E-state index in [4.69, 9.17) is 0 Å². The molecule has 4 aromatic rings. The zero-order valence-corrected chi connectivity index (χ0v) is 16.3. The minimum absolute atomic E-state index is 0.129. The Labute approximate surface area is 159 Å². The van der Waals surface area contributed by atoms with E-state index in [0.717, 1.165) is 11.4 Å². The Balaban J connectivity index is 1.84. The van der Waals surface area contributed by atoms with Gasteiger partial charge in [0, 0.05) is 56.1 Å². The van der Waals surface area contributed by atoms with Gasteiger partial charge in [0.25, 0.3) is 0 Å². The average molecular weight is 355 g/mol. The molecule has 0 unspecified atom stereocenters. The average Bonchev–Trinajstić information content (AvgIpc) is 3.41. The van der Waals surface area contributed by atoms with Gasteiger partial charge in [0.1, 0.15) is 0 Å². The van der Waals surface area contributed by atoms with Crippen molar-refractivity contribution in [2.45, 2.75) is 38.5 Å². The Morgan fingerprint density at radius 1 is 0.481 bits per heavy atom. The van der Waals surface area contributed by atoms with E-state index < -0.39 is 0 Å². The van der Waals surface area contributed by atoms with Crippen molar-refractivity contribution in [3.05, 3.63) is 83.4 Å². The number of hydrogen-bond donors (Lipinski definition) is 3. The predicted octanol–water partition coefficient (Wildman–Crippen LogP) is 5.97. The Kier molecular flexibility index (Phi) is 3.18. The molecule has 1 aromatic carbocycles. The highest BCUT2D eigenvalue weighted by Gasteiger charge is 2.32. The molecule has 1 aliphatic heterocycles. The number of rotatable bonds is 0. The van der Waals surface area contributed by atoms with Crippen LogP contribution >= 0.6 is 0 Å². The molecule has 0 atom stereocenters. The van der Waals surface area contributed by atoms with Crippen molar-refractivity contribution in [1.29, 1.82) is 0 Å². The van der Waals surface area contributed by atoms with Gasteiger partial charge in [0.05, 0.1) is 0 Å². The third-order valence-electron chi connectivity index (χ3n) is 6.26. The molecule has 136 valence electrons. The molecule has 0 radical (unpaired) electrons. The van der Waals surface area contributed by atoms with Gasteiger partial charge >= 0.3 is 0 Å². The quantitative estimate of drug-likeness (QED) is 0.348. The van der Waals surface area contributed by atoms with Crippen LogP contribution in [0.25, 0.3) is 22.5 Å². The van der Waals surface area contributed by atoms with Crippen molar-refractivity contribution in [3.8, 4) is 22.5 Å². The zero-order chi connectivity index (χ0) is 18.8. The molecular formula is C24H25N3. The van der Waals surface area contributed by atoms with Crippen molar-refractivity contribution >= 4 is 0 Å². The van der Waals surface area contributed by atoms with Crippen LogP contribution in [0.2, 0.25) is 0 Å². The highest BCUT2D eigenvalue weighted by atomic mass is 14.8. The fourth-order valence-corrected chi connectivity index (χ4v) is 4.20. The molecule has 0 saturated heterocycles. The summed E-state index contributed by atoms with van der Waals surface area (Å²) >= 11 is 0. The molecule has 3 N–H and O–H groups in total. The van der Waals surface area contributed by atoms with Crippen molar-refractivity contribution in [2.24, 2.45) is 0 Å². The molecule has 27 heavy (non-hydrogen) atoms. The van der Waals surface area contributed by atoms with Gasteiger partial charge in [-0.25, -0.2) is 0 Å². The lowest BCUT2D eigenvalue weighted by atomic mass is 9.85. The summed E-state index contributed by atoms with van der Waals surface area (Å²) in [6.45, 7) is 9.07. The number of benzene rings is 1. The second-order valence-electron chi connectivity index (χ2n) is 8.65. The molecule has 6 bridgehead atoms. The molecule has 1 aliphatic rings. The first-order valence-electron chi connectivity index (χ1n) is 9.56.